The first-order chi connectivity index (χ1) is 32.9. The second-order valence-corrected chi connectivity index (χ2v) is 17.1. The number of hydrogen-bond acceptors (Lipinski definition) is 13. The molecular formula is C49H62N10O9. The molecule has 68 heavy (non-hydrogen) atoms. The van der Waals surface area contributed by atoms with E-state index >= 15 is 0 Å². The largest absolute Gasteiger partial charge is 0.492 e. The van der Waals surface area contributed by atoms with Crippen molar-refractivity contribution >= 4 is 63.1 Å². The summed E-state index contributed by atoms with van der Waals surface area (Å²) in [6.07, 6.45) is 1.76. The molecule has 2 aliphatic rings. The summed E-state index contributed by atoms with van der Waals surface area (Å²) in [6, 6.07) is 23.4. The summed E-state index contributed by atoms with van der Waals surface area (Å²) in [4.78, 5) is 71.1. The number of unbranched alkanes of at least 4 members (excludes halogenated alkanes) is 1. The maximum Gasteiger partial charge on any atom is 0.415 e. The van der Waals surface area contributed by atoms with Crippen LogP contribution in [-0.4, -0.2) is 143 Å². The first-order valence-corrected chi connectivity index (χ1v) is 23.1. The lowest BCUT2D eigenvalue weighted by Gasteiger charge is -2.33. The van der Waals surface area contributed by atoms with Crippen LogP contribution in [-0.2, 0) is 22.6 Å². The number of piperazine rings is 1. The van der Waals surface area contributed by atoms with E-state index in [4.69, 9.17) is 30.1 Å². The first-order valence-electron chi connectivity index (χ1n) is 23.1. The number of rotatable bonds is 21. The predicted octanol–water partition coefficient (Wildman–Crippen LogP) is 4.47. The van der Waals surface area contributed by atoms with Gasteiger partial charge in [-0.2, -0.15) is 0 Å². The van der Waals surface area contributed by atoms with Crippen LogP contribution in [0, 0.1) is 0 Å². The lowest BCUT2D eigenvalue weighted by Crippen LogP contribution is -2.51. The van der Waals surface area contributed by atoms with Crippen LogP contribution >= 0.6 is 0 Å². The van der Waals surface area contributed by atoms with Gasteiger partial charge in [-0.25, -0.2) is 14.4 Å². The Morgan fingerprint density at radius 3 is 2.34 bits per heavy atom. The molecule has 6 amide bonds. The topological polar surface area (TPSA) is 239 Å². The molecule has 1 aromatic heterocycles. The van der Waals surface area contributed by atoms with Crippen LogP contribution < -0.4 is 47.1 Å². The van der Waals surface area contributed by atoms with E-state index in [9.17, 15) is 24.0 Å². The van der Waals surface area contributed by atoms with Gasteiger partial charge in [0.2, 0.25) is 5.91 Å². The van der Waals surface area contributed by atoms with Gasteiger partial charge in [-0.1, -0.05) is 36.4 Å². The second kappa shape index (κ2) is 23.6. The van der Waals surface area contributed by atoms with Crippen molar-refractivity contribution in [3.05, 3.63) is 95.7 Å². The number of amides is 6. The van der Waals surface area contributed by atoms with E-state index in [1.807, 2.05) is 79.7 Å². The number of ether oxygens (including phenoxy) is 3. The quantitative estimate of drug-likeness (QED) is 0.0558. The maximum atomic E-state index is 14.0. The summed E-state index contributed by atoms with van der Waals surface area (Å²) in [5.74, 6) is 0.797. The number of primary amides is 1. The molecule has 362 valence electrons. The minimum absolute atomic E-state index is 0.0592. The van der Waals surface area contributed by atoms with E-state index < -0.39 is 18.2 Å². The van der Waals surface area contributed by atoms with Crippen LogP contribution in [0.3, 0.4) is 0 Å². The number of fused-ring (bicyclic) bond motifs is 4. The number of nitrogens with two attached hydrogens (primary N) is 2. The lowest BCUT2D eigenvalue weighted by atomic mass is 10.0. The third-order valence-electron chi connectivity index (χ3n) is 11.8. The number of nitrogens with one attached hydrogen (secondary N) is 4. The molecule has 4 aromatic carbocycles. The van der Waals surface area contributed by atoms with Crippen LogP contribution in [0.15, 0.2) is 83.3 Å². The van der Waals surface area contributed by atoms with Gasteiger partial charge in [-0.3, -0.25) is 9.59 Å². The maximum absolute atomic E-state index is 14.0. The fraction of sp³-hybridized carbons (Fsp3) is 0.408. The average Bonchev–Trinajstić information content (AvgIpc) is 3.97. The number of likely N-dealkylation sites (N-methyl/N-ethyl adjacent to an activating group) is 1. The fourth-order valence-corrected chi connectivity index (χ4v) is 8.19. The van der Waals surface area contributed by atoms with Crippen molar-refractivity contribution in [1.82, 2.24) is 30.7 Å². The third-order valence-corrected chi connectivity index (χ3v) is 11.8. The molecule has 0 aliphatic carbocycles. The second-order valence-electron chi connectivity index (χ2n) is 17.1. The Labute approximate surface area is 395 Å². The number of hydrogen-bond donors (Lipinski definition) is 6. The van der Waals surface area contributed by atoms with Crippen LogP contribution in [0.4, 0.5) is 25.8 Å². The van der Waals surface area contributed by atoms with Gasteiger partial charge in [0.25, 0.3) is 5.91 Å². The lowest BCUT2D eigenvalue weighted by molar-refractivity contribution is -0.120. The Balaban J connectivity index is 0.894. The third kappa shape index (κ3) is 13.1. The number of urea groups is 1. The molecule has 0 bridgehead atoms. The summed E-state index contributed by atoms with van der Waals surface area (Å²) < 4.78 is 23.6. The predicted molar refractivity (Wildman–Crippen MR) is 259 cm³/mol. The van der Waals surface area contributed by atoms with Crippen molar-refractivity contribution in [2.75, 3.05) is 103 Å². The smallest absolute Gasteiger partial charge is 0.415 e. The minimum atomic E-state index is -0.566. The van der Waals surface area contributed by atoms with E-state index in [1.54, 1.807) is 32.9 Å². The molecule has 3 heterocycles. The molecule has 0 radical (unpaired) electrons. The number of anilines is 2. The summed E-state index contributed by atoms with van der Waals surface area (Å²) in [7, 11) is 3.97. The zero-order valence-corrected chi connectivity index (χ0v) is 38.7. The highest BCUT2D eigenvalue weighted by molar-refractivity contribution is 6.10. The van der Waals surface area contributed by atoms with Crippen molar-refractivity contribution < 1.29 is 42.6 Å². The molecule has 7 rings (SSSR count). The van der Waals surface area contributed by atoms with Gasteiger partial charge in [0.1, 0.15) is 30.3 Å². The van der Waals surface area contributed by atoms with E-state index in [0.717, 1.165) is 52.4 Å². The molecule has 1 saturated heterocycles. The van der Waals surface area contributed by atoms with Gasteiger partial charge >= 0.3 is 18.2 Å². The van der Waals surface area contributed by atoms with Gasteiger partial charge in [-0.15, -0.1) is 0 Å². The number of carbonyl (C=O) groups is 5. The van der Waals surface area contributed by atoms with Gasteiger partial charge in [0, 0.05) is 94.0 Å². The van der Waals surface area contributed by atoms with Crippen LogP contribution in [0.2, 0.25) is 0 Å². The molecule has 0 saturated carbocycles. The van der Waals surface area contributed by atoms with Crippen molar-refractivity contribution in [2.24, 2.45) is 11.5 Å². The van der Waals surface area contributed by atoms with Crippen molar-refractivity contribution in [1.29, 1.82) is 0 Å². The normalized spacial score (nSPS) is 13.9. The Morgan fingerprint density at radius 1 is 0.853 bits per heavy atom. The zero-order chi connectivity index (χ0) is 48.0. The molecule has 0 unspecified atom stereocenters. The number of furan rings is 1. The van der Waals surface area contributed by atoms with Gasteiger partial charge in [0.05, 0.1) is 12.2 Å². The van der Waals surface area contributed by atoms with Crippen molar-refractivity contribution in [3.8, 4) is 11.5 Å². The van der Waals surface area contributed by atoms with Crippen LogP contribution in [0.25, 0.3) is 21.7 Å². The average molecular weight is 935 g/mol. The summed E-state index contributed by atoms with van der Waals surface area (Å²) in [6.45, 7) is 4.86. The van der Waals surface area contributed by atoms with Crippen LogP contribution in [0.1, 0.15) is 40.9 Å². The fourth-order valence-electron chi connectivity index (χ4n) is 8.19. The monoisotopic (exact) mass is 934 g/mol. The van der Waals surface area contributed by atoms with E-state index in [-0.39, 0.29) is 62.9 Å². The number of carbonyl (C=O) groups excluding carboxylic acids is 5. The zero-order valence-electron chi connectivity index (χ0n) is 38.7. The van der Waals surface area contributed by atoms with E-state index in [0.29, 0.717) is 74.9 Å². The van der Waals surface area contributed by atoms with Gasteiger partial charge < -0.3 is 71.0 Å². The SMILES string of the molecule is CN(C)CCOc1ccc2oc(C(=O)N3CCc4c3cc(OC(=O)N3CCN(C(=O)OCc5ccc(NC[C@H](CCCCNC(N)=O)NC(=O)CNCCN)cc5)CC3)c3ccccc43)cc2c1. The molecule has 1 atom stereocenters. The van der Waals surface area contributed by atoms with Gasteiger partial charge in [0.15, 0.2) is 5.76 Å². The Bertz CT molecular complexity index is 2540. The van der Waals surface area contributed by atoms with Gasteiger partial charge in [-0.05, 0) is 92.7 Å². The molecule has 2 aliphatic heterocycles. The minimum Gasteiger partial charge on any atom is -0.492 e. The molecule has 19 nitrogen and oxygen atoms in total. The standard InChI is InChI=1S/C49H62N10O9/c1-56(2)25-26-65-37-14-15-42-34(27-37)28-44(67-42)46(61)59-20-16-39-38-8-3-4-9-40(38)43(29-41(39)59)68-49(64)58-23-21-57(22-24-58)48(63)66-32-33-10-12-35(13-11-33)54-30-36(7-5-6-18-53-47(51)62)55-45(60)31-52-19-17-50/h3-4,8-15,27-29,36,52,54H,5-7,16-26,30-32,50H2,1-2H3,(H,55,60)(H3,51,53,62)/t36-/m0/s1. The van der Waals surface area contributed by atoms with Crippen LogP contribution in [0.5, 0.6) is 11.5 Å². The highest BCUT2D eigenvalue weighted by Gasteiger charge is 2.32. The highest BCUT2D eigenvalue weighted by Crippen LogP contribution is 2.41. The molecule has 8 N–H and O–H groups in total. The first kappa shape index (κ1) is 48.8. The van der Waals surface area contributed by atoms with E-state index in [1.165, 1.54) is 0 Å². The summed E-state index contributed by atoms with van der Waals surface area (Å²) in [5.41, 5.74) is 14.5. The Morgan fingerprint density at radius 2 is 1.60 bits per heavy atom. The summed E-state index contributed by atoms with van der Waals surface area (Å²) >= 11 is 0. The molecule has 1 fully saturated rings. The number of nitrogens with zero attached hydrogens (tertiary/aromatic N) is 4. The molecule has 19 heteroatoms. The van der Waals surface area contributed by atoms with Crippen molar-refractivity contribution in [2.45, 2.75) is 38.3 Å². The molecule has 5 aromatic rings. The molecular weight excluding hydrogens is 873 g/mol. The summed E-state index contributed by atoms with van der Waals surface area (Å²) in [5, 5.41) is 14.4. The number of benzene rings is 4. The Hall–Kier alpha value is -7.09. The van der Waals surface area contributed by atoms with E-state index in [2.05, 4.69) is 21.3 Å². The van der Waals surface area contributed by atoms with Crippen molar-refractivity contribution in [3.63, 3.8) is 0 Å². The highest BCUT2D eigenvalue weighted by atomic mass is 16.6. The Kier molecular flexibility index (Phi) is 16.9. The molecule has 0 spiro atoms.